The molecule has 14 heavy (non-hydrogen) atoms. The van der Waals surface area contributed by atoms with Gasteiger partial charge < -0.3 is 10.5 Å². The Morgan fingerprint density at radius 3 is 2.71 bits per heavy atom. The van der Waals surface area contributed by atoms with E-state index < -0.39 is 0 Å². The van der Waals surface area contributed by atoms with Gasteiger partial charge in [0.1, 0.15) is 0 Å². The highest BCUT2D eigenvalue weighted by molar-refractivity contribution is 4.90. The summed E-state index contributed by atoms with van der Waals surface area (Å²) in [6.07, 6.45) is 3.01. The second-order valence-electron chi connectivity index (χ2n) is 4.89. The molecule has 0 spiro atoms. The van der Waals surface area contributed by atoms with Crippen LogP contribution in [-0.2, 0) is 4.74 Å². The van der Waals surface area contributed by atoms with E-state index in [-0.39, 0.29) is 12.1 Å². The number of ether oxygens (including phenoxy) is 1. The van der Waals surface area contributed by atoms with Crippen molar-refractivity contribution in [2.75, 3.05) is 19.7 Å². The molecule has 1 saturated heterocycles. The third-order valence-corrected chi connectivity index (χ3v) is 3.75. The zero-order chi connectivity index (χ0) is 10.1. The summed E-state index contributed by atoms with van der Waals surface area (Å²) in [7, 11) is 0. The van der Waals surface area contributed by atoms with Crippen LogP contribution in [-0.4, -0.2) is 42.8 Å². The first-order valence-electron chi connectivity index (χ1n) is 5.79. The standard InChI is InChI=1S/C11H22N2O/c1-8-3-4-10(8)13-5-6-14-11(7-13)9(2)12/h8-11H,3-7,12H2,1-2H3. The summed E-state index contributed by atoms with van der Waals surface area (Å²) >= 11 is 0. The molecule has 1 saturated carbocycles. The van der Waals surface area contributed by atoms with Crippen LogP contribution < -0.4 is 5.73 Å². The van der Waals surface area contributed by atoms with Crippen LogP contribution in [0.2, 0.25) is 0 Å². The van der Waals surface area contributed by atoms with Crippen molar-refractivity contribution < 1.29 is 4.74 Å². The molecule has 4 atom stereocenters. The van der Waals surface area contributed by atoms with Crippen molar-refractivity contribution >= 4 is 0 Å². The highest BCUT2D eigenvalue weighted by Crippen LogP contribution is 2.32. The number of nitrogens with two attached hydrogens (primary N) is 1. The Bertz CT molecular complexity index is 193. The summed E-state index contributed by atoms with van der Waals surface area (Å²) in [6, 6.07) is 0.966. The first-order chi connectivity index (χ1) is 6.68. The van der Waals surface area contributed by atoms with Crippen LogP contribution in [0.1, 0.15) is 26.7 Å². The van der Waals surface area contributed by atoms with Gasteiger partial charge in [0.2, 0.25) is 0 Å². The van der Waals surface area contributed by atoms with Crippen LogP contribution in [0.25, 0.3) is 0 Å². The first kappa shape index (κ1) is 10.4. The van der Waals surface area contributed by atoms with Gasteiger partial charge in [0, 0.05) is 25.2 Å². The van der Waals surface area contributed by atoms with Crippen molar-refractivity contribution in [2.45, 2.75) is 44.9 Å². The fourth-order valence-electron chi connectivity index (χ4n) is 2.51. The zero-order valence-corrected chi connectivity index (χ0v) is 9.28. The lowest BCUT2D eigenvalue weighted by Crippen LogP contribution is -2.56. The van der Waals surface area contributed by atoms with Crippen molar-refractivity contribution in [3.8, 4) is 0 Å². The molecule has 2 rings (SSSR count). The Kier molecular flexibility index (Phi) is 3.10. The molecule has 3 heteroatoms. The Balaban J connectivity index is 1.87. The van der Waals surface area contributed by atoms with Gasteiger partial charge in [0.05, 0.1) is 12.7 Å². The molecule has 3 nitrogen and oxygen atoms in total. The lowest BCUT2D eigenvalue weighted by atomic mass is 9.79. The molecule has 0 aromatic carbocycles. The Morgan fingerprint density at radius 1 is 1.43 bits per heavy atom. The van der Waals surface area contributed by atoms with Crippen molar-refractivity contribution in [1.29, 1.82) is 0 Å². The summed E-state index contributed by atoms with van der Waals surface area (Å²) in [5.74, 6) is 0.877. The maximum Gasteiger partial charge on any atom is 0.0850 e. The smallest absolute Gasteiger partial charge is 0.0850 e. The number of morpholine rings is 1. The third-order valence-electron chi connectivity index (χ3n) is 3.75. The number of rotatable bonds is 2. The summed E-state index contributed by atoms with van der Waals surface area (Å²) in [4.78, 5) is 2.58. The monoisotopic (exact) mass is 198 g/mol. The molecule has 1 aliphatic carbocycles. The van der Waals surface area contributed by atoms with E-state index in [4.69, 9.17) is 10.5 Å². The number of hydrogen-bond donors (Lipinski definition) is 1. The minimum Gasteiger partial charge on any atom is -0.374 e. The maximum atomic E-state index is 5.87. The van der Waals surface area contributed by atoms with E-state index in [9.17, 15) is 0 Å². The van der Waals surface area contributed by atoms with E-state index in [1.807, 2.05) is 6.92 Å². The van der Waals surface area contributed by atoms with Crippen LogP contribution in [0.15, 0.2) is 0 Å². The maximum absolute atomic E-state index is 5.87. The second-order valence-corrected chi connectivity index (χ2v) is 4.89. The highest BCUT2D eigenvalue weighted by atomic mass is 16.5. The fourth-order valence-corrected chi connectivity index (χ4v) is 2.51. The molecule has 0 bridgehead atoms. The molecule has 0 aromatic heterocycles. The van der Waals surface area contributed by atoms with Crippen LogP contribution in [0.3, 0.4) is 0 Å². The summed E-state index contributed by atoms with van der Waals surface area (Å²) < 4.78 is 5.66. The van der Waals surface area contributed by atoms with Gasteiger partial charge in [-0.1, -0.05) is 6.92 Å². The van der Waals surface area contributed by atoms with Gasteiger partial charge in [-0.2, -0.15) is 0 Å². The molecule has 2 N–H and O–H groups in total. The molecule has 0 radical (unpaired) electrons. The molecule has 82 valence electrons. The van der Waals surface area contributed by atoms with Crippen molar-refractivity contribution in [3.63, 3.8) is 0 Å². The molecule has 2 fully saturated rings. The molecule has 1 aliphatic heterocycles. The molecular weight excluding hydrogens is 176 g/mol. The van der Waals surface area contributed by atoms with Gasteiger partial charge in [0.25, 0.3) is 0 Å². The Morgan fingerprint density at radius 2 is 2.21 bits per heavy atom. The van der Waals surface area contributed by atoms with E-state index in [2.05, 4.69) is 11.8 Å². The van der Waals surface area contributed by atoms with Crippen LogP contribution >= 0.6 is 0 Å². The molecule has 1 heterocycles. The molecule has 2 aliphatic rings. The lowest BCUT2D eigenvalue weighted by molar-refractivity contribution is -0.0738. The van der Waals surface area contributed by atoms with E-state index in [0.29, 0.717) is 0 Å². The summed E-state index contributed by atoms with van der Waals surface area (Å²) in [5, 5.41) is 0. The predicted octanol–water partition coefficient (Wildman–Crippen LogP) is 0.833. The summed E-state index contributed by atoms with van der Waals surface area (Å²) in [5.41, 5.74) is 5.87. The average molecular weight is 198 g/mol. The van der Waals surface area contributed by atoms with Crippen LogP contribution in [0.4, 0.5) is 0 Å². The van der Waals surface area contributed by atoms with E-state index in [1.54, 1.807) is 0 Å². The van der Waals surface area contributed by atoms with Gasteiger partial charge in [0.15, 0.2) is 0 Å². The quantitative estimate of drug-likeness (QED) is 0.714. The summed E-state index contributed by atoms with van der Waals surface area (Å²) in [6.45, 7) is 7.38. The Labute approximate surface area is 86.6 Å². The highest BCUT2D eigenvalue weighted by Gasteiger charge is 2.35. The van der Waals surface area contributed by atoms with E-state index in [1.165, 1.54) is 12.8 Å². The van der Waals surface area contributed by atoms with Crippen LogP contribution in [0.5, 0.6) is 0 Å². The zero-order valence-electron chi connectivity index (χ0n) is 9.28. The van der Waals surface area contributed by atoms with Gasteiger partial charge in [-0.15, -0.1) is 0 Å². The molecule has 4 unspecified atom stereocenters. The minimum atomic E-state index is 0.160. The molecule has 0 aromatic rings. The van der Waals surface area contributed by atoms with E-state index in [0.717, 1.165) is 31.7 Å². The minimum absolute atomic E-state index is 0.160. The number of hydrogen-bond acceptors (Lipinski definition) is 3. The van der Waals surface area contributed by atoms with E-state index >= 15 is 0 Å². The first-order valence-corrected chi connectivity index (χ1v) is 5.79. The lowest BCUT2D eigenvalue weighted by Gasteiger charge is -2.46. The molecule has 0 amide bonds. The van der Waals surface area contributed by atoms with Crippen molar-refractivity contribution in [1.82, 2.24) is 4.90 Å². The van der Waals surface area contributed by atoms with Gasteiger partial charge in [-0.25, -0.2) is 0 Å². The largest absolute Gasteiger partial charge is 0.374 e. The Hall–Kier alpha value is -0.120. The normalized spacial score (nSPS) is 41.8. The van der Waals surface area contributed by atoms with Gasteiger partial charge in [-0.05, 0) is 25.7 Å². The number of nitrogens with zero attached hydrogens (tertiary/aromatic N) is 1. The fraction of sp³-hybridized carbons (Fsp3) is 1.00. The topological polar surface area (TPSA) is 38.5 Å². The van der Waals surface area contributed by atoms with Crippen LogP contribution in [0, 0.1) is 5.92 Å². The van der Waals surface area contributed by atoms with Crippen molar-refractivity contribution in [2.24, 2.45) is 11.7 Å². The van der Waals surface area contributed by atoms with Gasteiger partial charge in [-0.3, -0.25) is 4.90 Å². The second kappa shape index (κ2) is 4.17. The van der Waals surface area contributed by atoms with Gasteiger partial charge >= 0.3 is 0 Å². The average Bonchev–Trinajstić information content (AvgIpc) is 2.16. The van der Waals surface area contributed by atoms with Crippen molar-refractivity contribution in [3.05, 3.63) is 0 Å². The molecular formula is C11H22N2O. The predicted molar refractivity (Wildman–Crippen MR) is 57.1 cm³/mol. The third kappa shape index (κ3) is 1.95. The SMILES string of the molecule is CC(N)C1CN(C2CCC2C)CCO1.